The zero-order chi connectivity index (χ0) is 14.5. The predicted octanol–water partition coefficient (Wildman–Crippen LogP) is 3.33. The summed E-state index contributed by atoms with van der Waals surface area (Å²) in [7, 11) is 0. The molecule has 0 unspecified atom stereocenters. The van der Waals surface area contributed by atoms with E-state index in [-0.39, 0.29) is 0 Å². The van der Waals surface area contributed by atoms with Crippen LogP contribution in [0.3, 0.4) is 0 Å². The number of rotatable bonds is 6. The number of para-hydroxylation sites is 1. The number of hydrogen-bond donors (Lipinski definition) is 1. The van der Waals surface area contributed by atoms with Gasteiger partial charge in [0.2, 0.25) is 0 Å². The van der Waals surface area contributed by atoms with Crippen LogP contribution in [0.5, 0.6) is 0 Å². The molecule has 0 bridgehead atoms. The van der Waals surface area contributed by atoms with Gasteiger partial charge in [-0.3, -0.25) is 9.88 Å². The van der Waals surface area contributed by atoms with Crippen molar-refractivity contribution in [3.63, 3.8) is 0 Å². The molecule has 3 heteroatoms. The first kappa shape index (κ1) is 14.5. The van der Waals surface area contributed by atoms with Gasteiger partial charge in [-0.05, 0) is 44.0 Å². The van der Waals surface area contributed by atoms with Gasteiger partial charge in [-0.15, -0.1) is 0 Å². The molecule has 2 N–H and O–H groups in total. The quantitative estimate of drug-likeness (QED) is 0.884. The highest BCUT2D eigenvalue weighted by Crippen LogP contribution is 2.26. The Bertz CT molecular complexity index is 570. The summed E-state index contributed by atoms with van der Waals surface area (Å²) in [6.07, 6.45) is 8.39. The topological polar surface area (TPSA) is 42.1 Å². The third-order valence-electron chi connectivity index (χ3n) is 4.58. The van der Waals surface area contributed by atoms with E-state index in [1.807, 2.05) is 12.3 Å². The summed E-state index contributed by atoms with van der Waals surface area (Å²) in [5.74, 6) is 0. The van der Waals surface area contributed by atoms with E-state index < -0.39 is 0 Å². The number of benzene rings is 1. The lowest BCUT2D eigenvalue weighted by Crippen LogP contribution is -2.34. The lowest BCUT2D eigenvalue weighted by atomic mass is 10.1. The zero-order valence-corrected chi connectivity index (χ0v) is 12.7. The average Bonchev–Trinajstić information content (AvgIpc) is 3.06. The third kappa shape index (κ3) is 3.42. The molecule has 1 aromatic heterocycles. The summed E-state index contributed by atoms with van der Waals surface area (Å²) in [5, 5.41) is 1.24. The SMILES string of the molecule is NCCCN(Cc1cccc2cccnc12)C1CCCC1. The smallest absolute Gasteiger partial charge is 0.0746 e. The predicted molar refractivity (Wildman–Crippen MR) is 88.1 cm³/mol. The van der Waals surface area contributed by atoms with Crippen LogP contribution in [0.4, 0.5) is 0 Å². The summed E-state index contributed by atoms with van der Waals surface area (Å²) in [6, 6.07) is 11.4. The van der Waals surface area contributed by atoms with E-state index in [1.54, 1.807) is 0 Å². The van der Waals surface area contributed by atoms with Gasteiger partial charge in [-0.2, -0.15) is 0 Å². The van der Waals surface area contributed by atoms with Gasteiger partial charge in [0.15, 0.2) is 0 Å². The average molecular weight is 283 g/mol. The first-order chi connectivity index (χ1) is 10.4. The number of nitrogens with zero attached hydrogens (tertiary/aromatic N) is 2. The van der Waals surface area contributed by atoms with E-state index in [9.17, 15) is 0 Å². The normalized spacial score (nSPS) is 16.1. The Morgan fingerprint density at radius 2 is 1.95 bits per heavy atom. The highest BCUT2D eigenvalue weighted by Gasteiger charge is 2.22. The van der Waals surface area contributed by atoms with Crippen LogP contribution in [0.2, 0.25) is 0 Å². The van der Waals surface area contributed by atoms with Gasteiger partial charge in [-0.1, -0.05) is 37.1 Å². The largest absolute Gasteiger partial charge is 0.330 e. The maximum atomic E-state index is 5.72. The second-order valence-corrected chi connectivity index (χ2v) is 6.04. The molecule has 2 aromatic rings. The summed E-state index contributed by atoms with van der Waals surface area (Å²) < 4.78 is 0. The Kier molecular flexibility index (Phi) is 4.84. The van der Waals surface area contributed by atoms with E-state index in [2.05, 4.69) is 34.1 Å². The standard InChI is InChI=1S/C18H25N3/c19-11-5-13-21(17-9-1-2-10-17)14-16-7-3-6-15-8-4-12-20-18(15)16/h3-4,6-8,12,17H,1-2,5,9-11,13-14,19H2. The molecule has 1 aliphatic carbocycles. The van der Waals surface area contributed by atoms with Gasteiger partial charge in [0.25, 0.3) is 0 Å². The van der Waals surface area contributed by atoms with Crippen LogP contribution in [0.15, 0.2) is 36.5 Å². The van der Waals surface area contributed by atoms with Crippen molar-refractivity contribution in [1.82, 2.24) is 9.88 Å². The van der Waals surface area contributed by atoms with E-state index in [0.29, 0.717) is 0 Å². The molecule has 0 amide bonds. The van der Waals surface area contributed by atoms with Gasteiger partial charge in [-0.25, -0.2) is 0 Å². The lowest BCUT2D eigenvalue weighted by molar-refractivity contribution is 0.189. The Morgan fingerprint density at radius 3 is 2.76 bits per heavy atom. The minimum atomic E-state index is 0.732. The van der Waals surface area contributed by atoms with E-state index >= 15 is 0 Å². The van der Waals surface area contributed by atoms with Crippen LogP contribution in [-0.2, 0) is 6.54 Å². The highest BCUT2D eigenvalue weighted by atomic mass is 15.2. The lowest BCUT2D eigenvalue weighted by Gasteiger charge is -2.29. The van der Waals surface area contributed by atoms with Crippen molar-refractivity contribution in [2.45, 2.75) is 44.7 Å². The Hall–Kier alpha value is -1.45. The molecule has 0 aliphatic heterocycles. The van der Waals surface area contributed by atoms with Crippen LogP contribution < -0.4 is 5.73 Å². The highest BCUT2D eigenvalue weighted by molar-refractivity contribution is 5.81. The summed E-state index contributed by atoms with van der Waals surface area (Å²) >= 11 is 0. The first-order valence-corrected chi connectivity index (χ1v) is 8.15. The minimum absolute atomic E-state index is 0.732. The maximum Gasteiger partial charge on any atom is 0.0746 e. The van der Waals surface area contributed by atoms with Gasteiger partial charge < -0.3 is 5.73 Å². The Morgan fingerprint density at radius 1 is 1.14 bits per heavy atom. The molecule has 1 aromatic carbocycles. The van der Waals surface area contributed by atoms with Crippen LogP contribution in [0.25, 0.3) is 10.9 Å². The monoisotopic (exact) mass is 283 g/mol. The first-order valence-electron chi connectivity index (χ1n) is 8.15. The molecule has 1 heterocycles. The molecule has 1 saturated carbocycles. The van der Waals surface area contributed by atoms with Crippen molar-refractivity contribution >= 4 is 10.9 Å². The second kappa shape index (κ2) is 7.01. The molecule has 3 nitrogen and oxygen atoms in total. The molecule has 3 rings (SSSR count). The van der Waals surface area contributed by atoms with Crippen LogP contribution >= 0.6 is 0 Å². The molecular formula is C18H25N3. The molecule has 21 heavy (non-hydrogen) atoms. The molecule has 112 valence electrons. The molecular weight excluding hydrogens is 258 g/mol. The van der Waals surface area contributed by atoms with E-state index in [0.717, 1.165) is 37.6 Å². The molecule has 1 aliphatic rings. The summed E-state index contributed by atoms with van der Waals surface area (Å²) in [4.78, 5) is 7.22. The zero-order valence-electron chi connectivity index (χ0n) is 12.7. The van der Waals surface area contributed by atoms with Crippen molar-refractivity contribution in [3.8, 4) is 0 Å². The molecule has 0 spiro atoms. The number of pyridine rings is 1. The van der Waals surface area contributed by atoms with Crippen LogP contribution in [0, 0.1) is 0 Å². The van der Waals surface area contributed by atoms with Gasteiger partial charge in [0.05, 0.1) is 5.52 Å². The van der Waals surface area contributed by atoms with E-state index in [4.69, 9.17) is 5.73 Å². The molecule has 0 saturated heterocycles. The Labute approximate surface area is 127 Å². The van der Waals surface area contributed by atoms with Gasteiger partial charge in [0, 0.05) is 24.2 Å². The number of aromatic nitrogens is 1. The fourth-order valence-electron chi connectivity index (χ4n) is 3.47. The Balaban J connectivity index is 1.82. The third-order valence-corrected chi connectivity index (χ3v) is 4.58. The molecule has 0 radical (unpaired) electrons. The van der Waals surface area contributed by atoms with Crippen molar-refractivity contribution in [1.29, 1.82) is 0 Å². The fourth-order valence-corrected chi connectivity index (χ4v) is 3.47. The van der Waals surface area contributed by atoms with Crippen LogP contribution in [0.1, 0.15) is 37.7 Å². The van der Waals surface area contributed by atoms with E-state index in [1.165, 1.54) is 36.6 Å². The molecule has 1 fully saturated rings. The van der Waals surface area contributed by atoms with Gasteiger partial charge >= 0.3 is 0 Å². The maximum absolute atomic E-state index is 5.72. The summed E-state index contributed by atoms with van der Waals surface area (Å²) in [5.41, 5.74) is 8.21. The number of nitrogens with two attached hydrogens (primary N) is 1. The minimum Gasteiger partial charge on any atom is -0.330 e. The summed E-state index contributed by atoms with van der Waals surface area (Å²) in [6.45, 7) is 2.88. The van der Waals surface area contributed by atoms with Crippen LogP contribution in [-0.4, -0.2) is 29.0 Å². The molecule has 0 atom stereocenters. The van der Waals surface area contributed by atoms with Crippen molar-refractivity contribution < 1.29 is 0 Å². The van der Waals surface area contributed by atoms with Gasteiger partial charge in [0.1, 0.15) is 0 Å². The van der Waals surface area contributed by atoms with Crippen molar-refractivity contribution in [3.05, 3.63) is 42.1 Å². The number of hydrogen-bond acceptors (Lipinski definition) is 3. The van der Waals surface area contributed by atoms with Crippen molar-refractivity contribution in [2.75, 3.05) is 13.1 Å². The second-order valence-electron chi connectivity index (χ2n) is 6.04. The fraction of sp³-hybridized carbons (Fsp3) is 0.500. The number of fused-ring (bicyclic) bond motifs is 1. The van der Waals surface area contributed by atoms with Crippen molar-refractivity contribution in [2.24, 2.45) is 5.73 Å².